The highest BCUT2D eigenvalue weighted by atomic mass is 32.2. The predicted molar refractivity (Wildman–Crippen MR) is 95.8 cm³/mol. The van der Waals surface area contributed by atoms with Crippen LogP contribution < -0.4 is 0 Å². The Bertz CT molecular complexity index is 833. The number of hydrogen-bond donors (Lipinski definition) is 1. The third kappa shape index (κ3) is 3.27. The van der Waals surface area contributed by atoms with Crippen LogP contribution in [0, 0.1) is 6.92 Å². The Hall–Kier alpha value is -2.20. The van der Waals surface area contributed by atoms with E-state index in [0.29, 0.717) is 12.4 Å². The largest absolute Gasteiger partial charge is 0.465 e. The van der Waals surface area contributed by atoms with Crippen LogP contribution in [0.15, 0.2) is 53.6 Å². The Morgan fingerprint density at radius 2 is 1.96 bits per heavy atom. The van der Waals surface area contributed by atoms with Crippen molar-refractivity contribution in [1.29, 1.82) is 0 Å². The molecule has 0 fully saturated rings. The number of aryl methyl sites for hydroxylation is 1. The molecule has 2 aromatic carbocycles. The number of aromatic nitrogens is 1. The molecule has 0 aliphatic heterocycles. The monoisotopic (exact) mass is 325 g/mol. The zero-order valence-corrected chi connectivity index (χ0v) is 14.1. The van der Waals surface area contributed by atoms with Crippen molar-refractivity contribution in [2.75, 3.05) is 12.4 Å². The van der Waals surface area contributed by atoms with Crippen molar-refractivity contribution < 1.29 is 9.53 Å². The first-order valence-electron chi connectivity index (χ1n) is 7.65. The molecule has 0 spiro atoms. The normalized spacial score (nSPS) is 10.9. The highest BCUT2D eigenvalue weighted by Crippen LogP contribution is 2.37. The summed E-state index contributed by atoms with van der Waals surface area (Å²) in [5, 5.41) is 2.43. The summed E-state index contributed by atoms with van der Waals surface area (Å²) < 4.78 is 5.02. The van der Waals surface area contributed by atoms with Crippen LogP contribution in [-0.2, 0) is 9.53 Å². The number of hydrogen-bond acceptors (Lipinski definition) is 3. The van der Waals surface area contributed by atoms with Gasteiger partial charge >= 0.3 is 5.97 Å². The molecular formula is C19H19NO2S. The summed E-state index contributed by atoms with van der Waals surface area (Å²) in [6.07, 6.45) is 1.97. The summed E-state index contributed by atoms with van der Waals surface area (Å²) in [4.78, 5) is 16.0. The molecule has 1 heterocycles. The van der Waals surface area contributed by atoms with Crippen LogP contribution in [0.4, 0.5) is 0 Å². The van der Waals surface area contributed by atoms with Gasteiger partial charge < -0.3 is 9.72 Å². The van der Waals surface area contributed by atoms with E-state index in [9.17, 15) is 4.79 Å². The van der Waals surface area contributed by atoms with Gasteiger partial charge in [0.15, 0.2) is 0 Å². The van der Waals surface area contributed by atoms with Crippen LogP contribution in [0.5, 0.6) is 0 Å². The number of benzene rings is 2. The van der Waals surface area contributed by atoms with Crippen LogP contribution in [0.1, 0.15) is 12.6 Å². The molecule has 3 aromatic rings. The predicted octanol–water partition coefficient (Wildman–Crippen LogP) is 4.80. The Labute approximate surface area is 140 Å². The Morgan fingerprint density at radius 3 is 2.78 bits per heavy atom. The van der Waals surface area contributed by atoms with Crippen molar-refractivity contribution in [1.82, 2.24) is 4.98 Å². The molecule has 4 heteroatoms. The maximum Gasteiger partial charge on any atom is 0.316 e. The van der Waals surface area contributed by atoms with E-state index in [0.717, 1.165) is 16.2 Å². The molecule has 23 heavy (non-hydrogen) atoms. The minimum atomic E-state index is -0.180. The Morgan fingerprint density at radius 1 is 1.17 bits per heavy atom. The lowest BCUT2D eigenvalue weighted by molar-refractivity contribution is -0.139. The molecule has 1 N–H and O–H groups in total. The second-order valence-electron chi connectivity index (χ2n) is 5.27. The number of thioether (sulfide) groups is 1. The summed E-state index contributed by atoms with van der Waals surface area (Å²) in [6.45, 7) is 4.30. The zero-order valence-electron chi connectivity index (χ0n) is 13.3. The first-order valence-corrected chi connectivity index (χ1v) is 8.63. The first kappa shape index (κ1) is 15.7. The molecule has 0 amide bonds. The van der Waals surface area contributed by atoms with Gasteiger partial charge in [0, 0.05) is 22.3 Å². The smallest absolute Gasteiger partial charge is 0.316 e. The molecule has 0 atom stereocenters. The second-order valence-corrected chi connectivity index (χ2v) is 6.29. The van der Waals surface area contributed by atoms with Gasteiger partial charge in [0.25, 0.3) is 0 Å². The minimum Gasteiger partial charge on any atom is -0.465 e. The fraction of sp³-hybridized carbons (Fsp3) is 0.211. The number of fused-ring (bicyclic) bond motifs is 1. The fourth-order valence-corrected chi connectivity index (χ4v) is 3.64. The van der Waals surface area contributed by atoms with Crippen LogP contribution in [0.3, 0.4) is 0 Å². The van der Waals surface area contributed by atoms with Crippen LogP contribution >= 0.6 is 11.8 Å². The van der Waals surface area contributed by atoms with Crippen molar-refractivity contribution >= 4 is 28.5 Å². The Kier molecular flexibility index (Phi) is 4.72. The van der Waals surface area contributed by atoms with Gasteiger partial charge in [0.1, 0.15) is 0 Å². The number of ether oxygens (including phenoxy) is 1. The number of carbonyl (C=O) groups excluding carboxylic acids is 1. The van der Waals surface area contributed by atoms with E-state index >= 15 is 0 Å². The number of esters is 1. The van der Waals surface area contributed by atoms with Gasteiger partial charge in [-0.05, 0) is 30.2 Å². The molecule has 3 nitrogen and oxygen atoms in total. The minimum absolute atomic E-state index is 0.180. The van der Waals surface area contributed by atoms with Crippen molar-refractivity contribution in [3.8, 4) is 11.1 Å². The number of H-pyrrole nitrogens is 1. The Balaban J connectivity index is 1.99. The summed E-state index contributed by atoms with van der Waals surface area (Å²) in [6, 6.07) is 14.7. The summed E-state index contributed by atoms with van der Waals surface area (Å²) in [5.74, 6) is 0.142. The molecule has 1 aromatic heterocycles. The molecule has 0 aliphatic carbocycles. The molecule has 0 bridgehead atoms. The van der Waals surface area contributed by atoms with Crippen molar-refractivity contribution in [3.63, 3.8) is 0 Å². The topological polar surface area (TPSA) is 42.1 Å². The van der Waals surface area contributed by atoms with Crippen LogP contribution in [-0.4, -0.2) is 23.3 Å². The quantitative estimate of drug-likeness (QED) is 0.541. The highest BCUT2D eigenvalue weighted by molar-refractivity contribution is 8.00. The number of rotatable bonds is 5. The van der Waals surface area contributed by atoms with Crippen molar-refractivity contribution in [3.05, 3.63) is 54.4 Å². The van der Waals surface area contributed by atoms with Gasteiger partial charge in [-0.2, -0.15) is 0 Å². The van der Waals surface area contributed by atoms with Crippen molar-refractivity contribution in [2.45, 2.75) is 18.7 Å². The van der Waals surface area contributed by atoms with Crippen LogP contribution in [0.25, 0.3) is 21.9 Å². The summed E-state index contributed by atoms with van der Waals surface area (Å²) >= 11 is 1.51. The number of nitrogens with one attached hydrogen (secondary N) is 1. The van der Waals surface area contributed by atoms with Gasteiger partial charge in [0.05, 0.1) is 12.4 Å². The molecular weight excluding hydrogens is 306 g/mol. The third-order valence-corrected chi connectivity index (χ3v) is 4.76. The summed E-state index contributed by atoms with van der Waals surface area (Å²) in [7, 11) is 0. The highest BCUT2D eigenvalue weighted by Gasteiger charge is 2.15. The van der Waals surface area contributed by atoms with Crippen LogP contribution in [0.2, 0.25) is 0 Å². The average Bonchev–Trinajstić information content (AvgIpc) is 2.93. The van der Waals surface area contributed by atoms with Gasteiger partial charge in [-0.15, -0.1) is 11.8 Å². The molecule has 3 rings (SSSR count). The SMILES string of the molecule is CCOC(=O)CSc1c[nH]c(C)c1-c1cccc2ccccc12. The van der Waals surface area contributed by atoms with E-state index in [-0.39, 0.29) is 5.97 Å². The lowest BCUT2D eigenvalue weighted by Gasteiger charge is -2.09. The maximum atomic E-state index is 11.6. The standard InChI is InChI=1S/C19H19NO2S/c1-3-22-18(21)12-23-17-11-20-13(2)19(17)16-10-6-8-14-7-4-5-9-15(14)16/h4-11,20H,3,12H2,1-2H3. The molecule has 0 unspecified atom stereocenters. The lowest BCUT2D eigenvalue weighted by Crippen LogP contribution is -2.06. The van der Waals surface area contributed by atoms with E-state index in [1.165, 1.54) is 28.1 Å². The average molecular weight is 325 g/mol. The van der Waals surface area contributed by atoms with E-state index < -0.39 is 0 Å². The zero-order chi connectivity index (χ0) is 16.2. The van der Waals surface area contributed by atoms with Gasteiger partial charge in [-0.3, -0.25) is 4.79 Å². The summed E-state index contributed by atoms with van der Waals surface area (Å²) in [5.41, 5.74) is 3.46. The molecule has 118 valence electrons. The fourth-order valence-electron chi connectivity index (χ4n) is 2.73. The van der Waals surface area contributed by atoms with E-state index in [2.05, 4.69) is 48.3 Å². The van der Waals surface area contributed by atoms with Crippen molar-refractivity contribution in [2.24, 2.45) is 0 Å². The van der Waals surface area contributed by atoms with Gasteiger partial charge in [0.2, 0.25) is 0 Å². The van der Waals surface area contributed by atoms with E-state index in [4.69, 9.17) is 4.74 Å². The number of carbonyl (C=O) groups is 1. The van der Waals surface area contributed by atoms with Gasteiger partial charge in [-0.25, -0.2) is 0 Å². The second kappa shape index (κ2) is 6.92. The molecule has 0 aliphatic rings. The van der Waals surface area contributed by atoms with Gasteiger partial charge in [-0.1, -0.05) is 42.5 Å². The van der Waals surface area contributed by atoms with E-state index in [1.54, 1.807) is 0 Å². The first-order chi connectivity index (χ1) is 11.2. The molecule has 0 radical (unpaired) electrons. The lowest BCUT2D eigenvalue weighted by atomic mass is 9.99. The number of aromatic amines is 1. The molecule has 0 saturated heterocycles. The third-order valence-electron chi connectivity index (χ3n) is 3.75. The van der Waals surface area contributed by atoms with E-state index in [1.807, 2.05) is 19.2 Å². The molecule has 0 saturated carbocycles. The maximum absolute atomic E-state index is 11.6.